The second-order valence-electron chi connectivity index (χ2n) is 8.69. The van der Waals surface area contributed by atoms with Crippen LogP contribution in [0.4, 0.5) is 0 Å². The van der Waals surface area contributed by atoms with Gasteiger partial charge in [-0.3, -0.25) is 9.59 Å². The highest BCUT2D eigenvalue weighted by Crippen LogP contribution is 2.43. The van der Waals surface area contributed by atoms with Gasteiger partial charge >= 0.3 is 0 Å². The zero-order valence-corrected chi connectivity index (χ0v) is 19.5. The number of aliphatic hydroxyl groups excluding tert-OH is 1. The summed E-state index contributed by atoms with van der Waals surface area (Å²) in [6.07, 6.45) is 4.90. The highest BCUT2D eigenvalue weighted by atomic mass is 16.5. The van der Waals surface area contributed by atoms with E-state index in [2.05, 4.69) is 0 Å². The van der Waals surface area contributed by atoms with Crippen LogP contribution in [-0.4, -0.2) is 41.5 Å². The number of hydrogen-bond acceptors (Lipinski definition) is 5. The van der Waals surface area contributed by atoms with Crippen molar-refractivity contribution in [3.63, 3.8) is 0 Å². The number of carbonyl (C=O) groups excluding carboxylic acids is 2. The fourth-order valence-electron chi connectivity index (χ4n) is 4.99. The van der Waals surface area contributed by atoms with E-state index in [1.54, 1.807) is 30.2 Å². The van der Waals surface area contributed by atoms with Crippen LogP contribution in [0.25, 0.3) is 5.76 Å². The second kappa shape index (κ2) is 9.69. The zero-order chi connectivity index (χ0) is 23.5. The van der Waals surface area contributed by atoms with Crippen LogP contribution >= 0.6 is 0 Å². The Morgan fingerprint density at radius 1 is 1.09 bits per heavy atom. The maximum Gasteiger partial charge on any atom is 0.295 e. The van der Waals surface area contributed by atoms with Gasteiger partial charge in [0.15, 0.2) is 0 Å². The summed E-state index contributed by atoms with van der Waals surface area (Å²) in [5.41, 5.74) is 2.22. The summed E-state index contributed by atoms with van der Waals surface area (Å²) in [5.74, 6) is 0.0154. The van der Waals surface area contributed by atoms with E-state index in [0.29, 0.717) is 17.9 Å². The largest absolute Gasteiger partial charge is 0.507 e. The molecule has 1 aliphatic heterocycles. The molecule has 1 atom stereocenters. The van der Waals surface area contributed by atoms with Gasteiger partial charge in [-0.2, -0.15) is 0 Å². The normalized spacial score (nSPS) is 20.8. The molecule has 4 rings (SSSR count). The van der Waals surface area contributed by atoms with Gasteiger partial charge < -0.3 is 19.5 Å². The van der Waals surface area contributed by atoms with E-state index in [1.165, 1.54) is 0 Å². The molecule has 1 aliphatic carbocycles. The Labute approximate surface area is 194 Å². The molecule has 1 saturated heterocycles. The summed E-state index contributed by atoms with van der Waals surface area (Å²) < 4.78 is 11.0. The van der Waals surface area contributed by atoms with Crippen LogP contribution in [0.2, 0.25) is 0 Å². The average Bonchev–Trinajstić information content (AvgIpc) is 3.11. The first kappa shape index (κ1) is 22.9. The third-order valence-electron chi connectivity index (χ3n) is 6.61. The van der Waals surface area contributed by atoms with Crippen molar-refractivity contribution >= 4 is 17.4 Å². The number of amides is 1. The highest BCUT2D eigenvalue weighted by molar-refractivity contribution is 6.46. The van der Waals surface area contributed by atoms with Crippen molar-refractivity contribution in [2.24, 2.45) is 0 Å². The fourth-order valence-corrected chi connectivity index (χ4v) is 4.99. The van der Waals surface area contributed by atoms with Crippen molar-refractivity contribution in [2.45, 2.75) is 58.0 Å². The van der Waals surface area contributed by atoms with Crippen molar-refractivity contribution in [1.82, 2.24) is 4.90 Å². The summed E-state index contributed by atoms with van der Waals surface area (Å²) in [6.45, 7) is 4.34. The van der Waals surface area contributed by atoms with Crippen LogP contribution < -0.4 is 9.47 Å². The Morgan fingerprint density at radius 2 is 1.85 bits per heavy atom. The lowest BCUT2D eigenvalue weighted by molar-refractivity contribution is -0.141. The number of aliphatic hydroxyl groups is 1. The van der Waals surface area contributed by atoms with Crippen LogP contribution in [0.5, 0.6) is 11.5 Å². The van der Waals surface area contributed by atoms with Crippen LogP contribution in [-0.2, 0) is 9.59 Å². The lowest BCUT2D eigenvalue weighted by Gasteiger charge is -2.35. The predicted octanol–water partition coefficient (Wildman–Crippen LogP) is 5.16. The topological polar surface area (TPSA) is 76.1 Å². The van der Waals surface area contributed by atoms with E-state index in [1.807, 2.05) is 38.1 Å². The number of carbonyl (C=O) groups is 2. The van der Waals surface area contributed by atoms with Crippen molar-refractivity contribution in [3.05, 3.63) is 64.7 Å². The Hall–Kier alpha value is -3.28. The number of rotatable bonds is 6. The predicted molar refractivity (Wildman–Crippen MR) is 126 cm³/mol. The molecule has 1 saturated carbocycles. The fraction of sp³-hybridized carbons (Fsp3) is 0.407. The van der Waals surface area contributed by atoms with Gasteiger partial charge in [0, 0.05) is 11.6 Å². The minimum absolute atomic E-state index is 0.0289. The Morgan fingerprint density at radius 3 is 2.52 bits per heavy atom. The van der Waals surface area contributed by atoms with Gasteiger partial charge in [0.25, 0.3) is 11.7 Å². The number of ketones is 1. The van der Waals surface area contributed by atoms with Gasteiger partial charge in [-0.15, -0.1) is 0 Å². The number of methoxy groups -OCH3 is 1. The first-order valence-electron chi connectivity index (χ1n) is 11.6. The Kier molecular flexibility index (Phi) is 6.72. The monoisotopic (exact) mass is 449 g/mol. The third-order valence-corrected chi connectivity index (χ3v) is 6.61. The number of nitrogens with zero attached hydrogens (tertiary/aromatic N) is 1. The molecule has 33 heavy (non-hydrogen) atoms. The van der Waals surface area contributed by atoms with Crippen molar-refractivity contribution in [3.8, 4) is 11.5 Å². The van der Waals surface area contributed by atoms with Crippen molar-refractivity contribution in [2.75, 3.05) is 13.7 Å². The highest BCUT2D eigenvalue weighted by Gasteiger charge is 2.49. The number of aryl methyl sites for hydroxylation is 1. The van der Waals surface area contributed by atoms with E-state index in [-0.39, 0.29) is 17.4 Å². The van der Waals surface area contributed by atoms with Crippen LogP contribution in [0.3, 0.4) is 0 Å². The maximum atomic E-state index is 13.3. The average molecular weight is 450 g/mol. The number of hydrogen-bond donors (Lipinski definition) is 1. The van der Waals surface area contributed by atoms with Crippen LogP contribution in [0.1, 0.15) is 61.8 Å². The number of benzene rings is 2. The summed E-state index contributed by atoms with van der Waals surface area (Å²) in [4.78, 5) is 28.3. The molecule has 6 nitrogen and oxygen atoms in total. The van der Waals surface area contributed by atoms with Gasteiger partial charge in [-0.05, 0) is 68.1 Å². The van der Waals surface area contributed by atoms with Crippen LogP contribution in [0, 0.1) is 6.92 Å². The number of ether oxygens (including phenoxy) is 2. The SMILES string of the molecule is CCOc1ccc(/C(O)=C2/C(=O)C(=O)N(C3CCCCC3)C2c2cccc(OC)c2)cc1C. The summed E-state index contributed by atoms with van der Waals surface area (Å²) in [6, 6.07) is 12.0. The number of Topliss-reactive ketones (excluding diaryl/α,β-unsaturated/α-hetero) is 1. The van der Waals surface area contributed by atoms with Crippen LogP contribution in [0.15, 0.2) is 48.0 Å². The molecule has 2 aliphatic rings. The van der Waals surface area contributed by atoms with E-state index < -0.39 is 17.7 Å². The molecule has 174 valence electrons. The van der Waals surface area contributed by atoms with Gasteiger partial charge in [0.05, 0.1) is 25.3 Å². The molecule has 1 N–H and O–H groups in total. The molecule has 0 aromatic heterocycles. The molecule has 0 radical (unpaired) electrons. The molecule has 2 fully saturated rings. The first-order valence-corrected chi connectivity index (χ1v) is 11.6. The third kappa shape index (κ3) is 4.34. The Bertz CT molecular complexity index is 1080. The molecule has 2 aromatic carbocycles. The summed E-state index contributed by atoms with van der Waals surface area (Å²) >= 11 is 0. The quantitative estimate of drug-likeness (QED) is 0.375. The van der Waals surface area contributed by atoms with Gasteiger partial charge in [-0.1, -0.05) is 31.4 Å². The van der Waals surface area contributed by atoms with Gasteiger partial charge in [0.2, 0.25) is 0 Å². The number of likely N-dealkylation sites (tertiary alicyclic amines) is 1. The second-order valence-corrected chi connectivity index (χ2v) is 8.69. The maximum absolute atomic E-state index is 13.3. The molecule has 1 unspecified atom stereocenters. The molecule has 6 heteroatoms. The van der Waals surface area contributed by atoms with Crippen molar-refractivity contribution in [1.29, 1.82) is 0 Å². The lowest BCUT2D eigenvalue weighted by Crippen LogP contribution is -2.40. The molecular weight excluding hydrogens is 418 g/mol. The van der Waals surface area contributed by atoms with Gasteiger partial charge in [-0.25, -0.2) is 0 Å². The minimum Gasteiger partial charge on any atom is -0.507 e. The first-order chi connectivity index (χ1) is 16.0. The van der Waals surface area contributed by atoms with Crippen molar-refractivity contribution < 1.29 is 24.2 Å². The standard InChI is InChI=1S/C27H31NO5/c1-4-33-22-14-13-19(15-17(22)2)25(29)23-24(18-9-8-12-21(16-18)32-3)28(27(31)26(23)30)20-10-6-5-7-11-20/h8-9,12-16,20,24,29H,4-7,10-11H2,1-3H3/b25-23-. The minimum atomic E-state index is -0.657. The van der Waals surface area contributed by atoms with E-state index in [9.17, 15) is 14.7 Å². The lowest BCUT2D eigenvalue weighted by atomic mass is 9.90. The summed E-state index contributed by atoms with van der Waals surface area (Å²) in [7, 11) is 1.58. The molecule has 2 aromatic rings. The van der Waals surface area contributed by atoms with E-state index in [0.717, 1.165) is 49.0 Å². The van der Waals surface area contributed by atoms with E-state index >= 15 is 0 Å². The summed E-state index contributed by atoms with van der Waals surface area (Å²) in [5, 5.41) is 11.3. The molecule has 0 bridgehead atoms. The Balaban J connectivity index is 1.85. The molecule has 0 spiro atoms. The van der Waals surface area contributed by atoms with Gasteiger partial charge in [0.1, 0.15) is 17.3 Å². The molecule has 1 amide bonds. The smallest absolute Gasteiger partial charge is 0.295 e. The zero-order valence-electron chi connectivity index (χ0n) is 19.5. The molecule has 1 heterocycles. The van der Waals surface area contributed by atoms with E-state index in [4.69, 9.17) is 9.47 Å². The molecular formula is C27H31NO5.